The smallest absolute Gasteiger partial charge is 0.342 e. The van der Waals surface area contributed by atoms with E-state index in [2.05, 4.69) is 20.4 Å². The maximum absolute atomic E-state index is 13.0. The fraction of sp³-hybridized carbons (Fsp3) is 0.211. The first-order valence-electron chi connectivity index (χ1n) is 8.57. The Balaban J connectivity index is 1.88. The highest BCUT2D eigenvalue weighted by atomic mass is 35.5. The van der Waals surface area contributed by atoms with Gasteiger partial charge < -0.3 is 5.32 Å². The Hall–Kier alpha value is -3.45. The molecule has 2 aromatic heterocycles. The molecule has 154 valence electrons. The summed E-state index contributed by atoms with van der Waals surface area (Å²) in [5.41, 5.74) is -0.894. The van der Waals surface area contributed by atoms with Crippen molar-refractivity contribution in [1.29, 1.82) is 5.26 Å². The number of pyridine rings is 1. The van der Waals surface area contributed by atoms with Crippen LogP contribution in [-0.2, 0) is 6.18 Å². The van der Waals surface area contributed by atoms with Crippen molar-refractivity contribution in [1.82, 2.24) is 25.1 Å². The van der Waals surface area contributed by atoms with Crippen molar-refractivity contribution in [3.05, 3.63) is 69.9 Å². The third kappa shape index (κ3) is 4.58. The van der Waals surface area contributed by atoms with Gasteiger partial charge in [-0.25, -0.2) is 9.97 Å². The second-order valence-electron chi connectivity index (χ2n) is 6.37. The second-order valence-corrected chi connectivity index (χ2v) is 6.80. The number of aromatic nitrogens is 4. The normalized spacial score (nSPS) is 12.3. The van der Waals surface area contributed by atoms with Crippen molar-refractivity contribution in [2.24, 2.45) is 0 Å². The largest absolute Gasteiger partial charge is 0.416 e. The molecule has 0 aliphatic heterocycles. The number of carbonyl (C=O) groups is 1. The van der Waals surface area contributed by atoms with Crippen LogP contribution >= 0.6 is 11.6 Å². The van der Waals surface area contributed by atoms with E-state index in [0.29, 0.717) is 23.0 Å². The van der Waals surface area contributed by atoms with Crippen LogP contribution in [0.2, 0.25) is 5.02 Å². The Kier molecular flexibility index (Phi) is 5.75. The van der Waals surface area contributed by atoms with E-state index in [9.17, 15) is 18.0 Å². The summed E-state index contributed by atoms with van der Waals surface area (Å²) in [5.74, 6) is 0.332. The predicted octanol–water partition coefficient (Wildman–Crippen LogP) is 4.01. The van der Waals surface area contributed by atoms with Gasteiger partial charge in [0.2, 0.25) is 0 Å². The van der Waals surface area contributed by atoms with Gasteiger partial charge in [0.1, 0.15) is 11.9 Å². The number of nitriles is 1. The summed E-state index contributed by atoms with van der Waals surface area (Å²) in [6, 6.07) is 6.98. The Bertz CT molecular complexity index is 1130. The molecular formula is C19H14ClF3N6O. The zero-order valence-corrected chi connectivity index (χ0v) is 16.5. The summed E-state index contributed by atoms with van der Waals surface area (Å²) in [7, 11) is 0. The minimum atomic E-state index is -4.63. The van der Waals surface area contributed by atoms with Gasteiger partial charge in [-0.3, -0.25) is 4.79 Å². The van der Waals surface area contributed by atoms with Gasteiger partial charge in [-0.05, 0) is 44.2 Å². The van der Waals surface area contributed by atoms with Gasteiger partial charge in [-0.2, -0.15) is 23.1 Å². The van der Waals surface area contributed by atoms with Gasteiger partial charge in [0, 0.05) is 16.8 Å². The predicted molar refractivity (Wildman–Crippen MR) is 101 cm³/mol. The highest BCUT2D eigenvalue weighted by molar-refractivity contribution is 6.31. The topological polar surface area (TPSA) is 96.5 Å². The number of carbonyl (C=O) groups excluding carboxylic acids is 1. The summed E-state index contributed by atoms with van der Waals surface area (Å²) in [4.78, 5) is 21.0. The first kappa shape index (κ1) is 21.3. The summed E-state index contributed by atoms with van der Waals surface area (Å²) >= 11 is 5.75. The zero-order chi connectivity index (χ0) is 22.1. The van der Waals surface area contributed by atoms with E-state index in [4.69, 9.17) is 16.9 Å². The molecule has 0 saturated heterocycles. The number of nitrogens with one attached hydrogen (secondary N) is 1. The van der Waals surface area contributed by atoms with E-state index in [1.807, 2.05) is 6.07 Å². The zero-order valence-electron chi connectivity index (χ0n) is 15.7. The Morgan fingerprint density at radius 1 is 1.30 bits per heavy atom. The van der Waals surface area contributed by atoms with E-state index < -0.39 is 23.7 Å². The maximum Gasteiger partial charge on any atom is 0.416 e. The minimum absolute atomic E-state index is 0.205. The second kappa shape index (κ2) is 8.12. The number of hydrogen-bond donors (Lipinski definition) is 1. The number of nitrogens with zero attached hydrogens (tertiary/aromatic N) is 5. The van der Waals surface area contributed by atoms with Gasteiger partial charge in [0.15, 0.2) is 11.6 Å². The van der Waals surface area contributed by atoms with Crippen LogP contribution < -0.4 is 5.32 Å². The summed E-state index contributed by atoms with van der Waals surface area (Å²) < 4.78 is 40.4. The number of benzene rings is 1. The molecule has 7 nitrogen and oxygen atoms in total. The molecule has 1 atom stereocenters. The van der Waals surface area contributed by atoms with Crippen molar-refractivity contribution >= 4 is 17.5 Å². The quantitative estimate of drug-likeness (QED) is 0.669. The summed E-state index contributed by atoms with van der Waals surface area (Å²) in [5, 5.41) is 15.5. The third-order valence-electron chi connectivity index (χ3n) is 4.05. The van der Waals surface area contributed by atoms with Gasteiger partial charge in [-0.1, -0.05) is 11.6 Å². The lowest BCUT2D eigenvalue weighted by Gasteiger charge is -2.15. The molecule has 3 rings (SSSR count). The Morgan fingerprint density at radius 3 is 2.63 bits per heavy atom. The van der Waals surface area contributed by atoms with Crippen LogP contribution in [0.5, 0.6) is 0 Å². The van der Waals surface area contributed by atoms with Crippen LogP contribution in [-0.4, -0.2) is 25.7 Å². The van der Waals surface area contributed by atoms with E-state index in [0.717, 1.165) is 18.2 Å². The van der Waals surface area contributed by atoms with Crippen LogP contribution in [0, 0.1) is 18.3 Å². The highest BCUT2D eigenvalue weighted by Gasteiger charge is 2.32. The van der Waals surface area contributed by atoms with Crippen molar-refractivity contribution in [3.8, 4) is 11.9 Å². The number of hydrogen-bond acceptors (Lipinski definition) is 5. The van der Waals surface area contributed by atoms with Crippen molar-refractivity contribution in [2.45, 2.75) is 26.1 Å². The third-order valence-corrected chi connectivity index (χ3v) is 4.27. The highest BCUT2D eigenvalue weighted by Crippen LogP contribution is 2.32. The molecule has 11 heteroatoms. The maximum atomic E-state index is 13.0. The molecule has 0 unspecified atom stereocenters. The van der Waals surface area contributed by atoms with Crippen LogP contribution in [0.15, 0.2) is 36.5 Å². The minimum Gasteiger partial charge on any atom is -0.342 e. The number of aryl methyl sites for hydroxylation is 1. The Labute approximate surface area is 174 Å². The van der Waals surface area contributed by atoms with Crippen LogP contribution in [0.25, 0.3) is 5.82 Å². The van der Waals surface area contributed by atoms with E-state index in [-0.39, 0.29) is 10.6 Å². The molecular weight excluding hydrogens is 421 g/mol. The SMILES string of the molecule is Cc1nc([C@H](C)NC(=O)c2cc(Cl)cc(C(F)(F)F)c2)n(-c2ccc(C#N)cn2)n1. The summed E-state index contributed by atoms with van der Waals surface area (Å²) in [6.07, 6.45) is -3.27. The van der Waals surface area contributed by atoms with Gasteiger partial charge in [0.05, 0.1) is 17.2 Å². The van der Waals surface area contributed by atoms with E-state index in [1.165, 1.54) is 10.9 Å². The van der Waals surface area contributed by atoms with Gasteiger partial charge >= 0.3 is 6.18 Å². The molecule has 0 radical (unpaired) electrons. The van der Waals surface area contributed by atoms with Crippen LogP contribution in [0.1, 0.15) is 46.1 Å². The average molecular weight is 435 g/mol. The molecule has 3 aromatic rings. The molecule has 1 aromatic carbocycles. The molecule has 0 bridgehead atoms. The molecule has 0 spiro atoms. The van der Waals surface area contributed by atoms with Crippen molar-refractivity contribution in [3.63, 3.8) is 0 Å². The van der Waals surface area contributed by atoms with Crippen molar-refractivity contribution < 1.29 is 18.0 Å². The summed E-state index contributed by atoms with van der Waals surface area (Å²) in [6.45, 7) is 3.25. The fourth-order valence-electron chi connectivity index (χ4n) is 2.69. The lowest BCUT2D eigenvalue weighted by molar-refractivity contribution is -0.137. The van der Waals surface area contributed by atoms with E-state index >= 15 is 0 Å². The molecule has 0 saturated carbocycles. The van der Waals surface area contributed by atoms with Gasteiger partial charge in [0.25, 0.3) is 5.91 Å². The number of rotatable bonds is 4. The number of halogens is 4. The van der Waals surface area contributed by atoms with E-state index in [1.54, 1.807) is 26.0 Å². The number of alkyl halides is 3. The molecule has 0 aliphatic rings. The monoisotopic (exact) mass is 434 g/mol. The number of amides is 1. The lowest BCUT2D eigenvalue weighted by Crippen LogP contribution is -2.29. The van der Waals surface area contributed by atoms with Crippen LogP contribution in [0.3, 0.4) is 0 Å². The van der Waals surface area contributed by atoms with Gasteiger partial charge in [-0.15, -0.1) is 5.10 Å². The Morgan fingerprint density at radius 2 is 2.03 bits per heavy atom. The molecule has 1 N–H and O–H groups in total. The first-order valence-corrected chi connectivity index (χ1v) is 8.95. The fourth-order valence-corrected chi connectivity index (χ4v) is 2.92. The molecule has 0 aliphatic carbocycles. The first-order chi connectivity index (χ1) is 14.1. The molecule has 30 heavy (non-hydrogen) atoms. The van der Waals surface area contributed by atoms with Crippen LogP contribution in [0.4, 0.5) is 13.2 Å². The standard InChI is InChI=1S/C19H14ClF3N6O/c1-10(26-18(30)13-5-14(19(21,22)23)7-15(20)6-13)17-27-11(2)28-29(17)16-4-3-12(8-24)9-25-16/h3-7,9-10H,1-2H3,(H,26,30)/t10-/m0/s1. The average Bonchev–Trinajstić information content (AvgIpc) is 3.08. The lowest BCUT2D eigenvalue weighted by atomic mass is 10.1. The van der Waals surface area contributed by atoms with Crippen molar-refractivity contribution in [2.75, 3.05) is 0 Å². The molecule has 0 fully saturated rings. The molecule has 2 heterocycles. The molecule has 1 amide bonds.